The third-order valence-corrected chi connectivity index (χ3v) is 3.50. The molecular weight excluding hydrogens is 286 g/mol. The lowest BCUT2D eigenvalue weighted by molar-refractivity contribution is -0.134. The summed E-state index contributed by atoms with van der Waals surface area (Å²) >= 11 is 0. The summed E-state index contributed by atoms with van der Waals surface area (Å²) in [6.07, 6.45) is 4.93. The van der Waals surface area contributed by atoms with Gasteiger partial charge in [0.2, 0.25) is 5.91 Å². The minimum atomic E-state index is 0.0840. The van der Waals surface area contributed by atoms with Crippen molar-refractivity contribution in [2.75, 3.05) is 54.4 Å². The Bertz CT molecular complexity index is 364. The van der Waals surface area contributed by atoms with E-state index in [1.165, 1.54) is 0 Å². The first-order valence-corrected chi connectivity index (χ1v) is 8.16. The first kappa shape index (κ1) is 23.9. The molecular formula is C19H37N3O. The fourth-order valence-corrected chi connectivity index (χ4v) is 2.10. The molecule has 0 aromatic carbocycles. The summed E-state index contributed by atoms with van der Waals surface area (Å²) in [5, 5.41) is 0. The van der Waals surface area contributed by atoms with Crippen LogP contribution in [0.15, 0.2) is 37.5 Å². The summed E-state index contributed by atoms with van der Waals surface area (Å²) in [6.45, 7) is 17.4. The molecule has 4 nitrogen and oxygen atoms in total. The summed E-state index contributed by atoms with van der Waals surface area (Å²) in [5.41, 5.74) is 1.09. The number of allylic oxidation sites excluding steroid dienone is 1. The zero-order valence-corrected chi connectivity index (χ0v) is 16.1. The van der Waals surface area contributed by atoms with Crippen molar-refractivity contribution in [3.8, 4) is 0 Å². The molecule has 0 spiro atoms. The van der Waals surface area contributed by atoms with Crippen LogP contribution in [0.1, 0.15) is 20.3 Å². The van der Waals surface area contributed by atoms with E-state index in [9.17, 15) is 4.79 Å². The normalized spacial score (nSPS) is 12.2. The van der Waals surface area contributed by atoms with E-state index in [2.05, 4.69) is 36.6 Å². The maximum atomic E-state index is 12.3. The zero-order valence-electron chi connectivity index (χ0n) is 16.1. The lowest BCUT2D eigenvalue weighted by Gasteiger charge is -2.25. The Morgan fingerprint density at radius 2 is 1.65 bits per heavy atom. The summed E-state index contributed by atoms with van der Waals surface area (Å²) in [7, 11) is 8.02. The van der Waals surface area contributed by atoms with Gasteiger partial charge in [-0.05, 0) is 46.6 Å². The van der Waals surface area contributed by atoms with E-state index in [0.29, 0.717) is 0 Å². The highest BCUT2D eigenvalue weighted by molar-refractivity contribution is 5.78. The summed E-state index contributed by atoms with van der Waals surface area (Å²) in [5.74, 6) is 0.318. The van der Waals surface area contributed by atoms with Crippen LogP contribution in [0.2, 0.25) is 0 Å². The molecule has 134 valence electrons. The quantitative estimate of drug-likeness (QED) is 0.457. The first-order valence-electron chi connectivity index (χ1n) is 8.16. The molecule has 0 N–H and O–H groups in total. The predicted octanol–water partition coefficient (Wildman–Crippen LogP) is 2.90. The van der Waals surface area contributed by atoms with Gasteiger partial charge in [0, 0.05) is 32.6 Å². The SMILES string of the molecule is C=C.C=C(/C=C\C)CN(C)CCN(C)C(=O)C(C)CCN(C)C. The molecule has 4 heteroatoms. The van der Waals surface area contributed by atoms with Gasteiger partial charge in [0.05, 0.1) is 0 Å². The third kappa shape index (κ3) is 12.8. The molecule has 0 aromatic heterocycles. The third-order valence-electron chi connectivity index (χ3n) is 3.50. The molecule has 0 bridgehead atoms. The highest BCUT2D eigenvalue weighted by Gasteiger charge is 2.17. The van der Waals surface area contributed by atoms with E-state index in [4.69, 9.17) is 0 Å². The van der Waals surface area contributed by atoms with Crippen LogP contribution in [-0.2, 0) is 4.79 Å². The van der Waals surface area contributed by atoms with Crippen LogP contribution in [0.4, 0.5) is 0 Å². The number of rotatable bonds is 10. The number of nitrogens with zero attached hydrogens (tertiary/aromatic N) is 3. The van der Waals surface area contributed by atoms with Crippen LogP contribution in [-0.4, -0.2) is 75.0 Å². The van der Waals surface area contributed by atoms with Gasteiger partial charge in [-0.15, -0.1) is 13.2 Å². The Kier molecular flexibility index (Phi) is 14.8. The topological polar surface area (TPSA) is 26.8 Å². The molecule has 0 fully saturated rings. The van der Waals surface area contributed by atoms with Crippen LogP contribution in [0.25, 0.3) is 0 Å². The van der Waals surface area contributed by atoms with Gasteiger partial charge in [-0.3, -0.25) is 4.79 Å². The van der Waals surface area contributed by atoms with Crippen LogP contribution >= 0.6 is 0 Å². The highest BCUT2D eigenvalue weighted by atomic mass is 16.2. The maximum absolute atomic E-state index is 12.3. The van der Waals surface area contributed by atoms with E-state index in [1.807, 2.05) is 52.0 Å². The van der Waals surface area contributed by atoms with Gasteiger partial charge in [-0.25, -0.2) is 0 Å². The van der Waals surface area contributed by atoms with Crippen molar-refractivity contribution in [3.05, 3.63) is 37.5 Å². The Balaban J connectivity index is 0. The minimum Gasteiger partial charge on any atom is -0.344 e. The molecule has 0 aliphatic heterocycles. The monoisotopic (exact) mass is 323 g/mol. The van der Waals surface area contributed by atoms with E-state index in [1.54, 1.807) is 0 Å². The second-order valence-corrected chi connectivity index (χ2v) is 6.15. The molecule has 0 saturated carbocycles. The summed E-state index contributed by atoms with van der Waals surface area (Å²) < 4.78 is 0. The summed E-state index contributed by atoms with van der Waals surface area (Å²) in [6, 6.07) is 0. The van der Waals surface area contributed by atoms with Gasteiger partial charge in [0.1, 0.15) is 0 Å². The number of carbonyl (C=O) groups is 1. The first-order chi connectivity index (χ1) is 10.8. The molecule has 1 amide bonds. The predicted molar refractivity (Wildman–Crippen MR) is 103 cm³/mol. The Labute approximate surface area is 144 Å². The van der Waals surface area contributed by atoms with Crippen molar-refractivity contribution in [1.82, 2.24) is 14.7 Å². The molecule has 0 rings (SSSR count). The molecule has 0 aromatic rings. The van der Waals surface area contributed by atoms with Crippen LogP contribution in [0, 0.1) is 5.92 Å². The lowest BCUT2D eigenvalue weighted by Crippen LogP contribution is -2.38. The van der Waals surface area contributed by atoms with Gasteiger partial charge in [-0.2, -0.15) is 0 Å². The van der Waals surface area contributed by atoms with E-state index >= 15 is 0 Å². The van der Waals surface area contributed by atoms with Crippen molar-refractivity contribution in [1.29, 1.82) is 0 Å². The fraction of sp³-hybridized carbons (Fsp3) is 0.632. The Morgan fingerprint density at radius 1 is 1.09 bits per heavy atom. The Morgan fingerprint density at radius 3 is 2.13 bits per heavy atom. The summed E-state index contributed by atoms with van der Waals surface area (Å²) in [4.78, 5) is 18.4. The number of hydrogen-bond donors (Lipinski definition) is 0. The lowest BCUT2D eigenvalue weighted by atomic mass is 10.1. The van der Waals surface area contributed by atoms with Gasteiger partial charge < -0.3 is 14.7 Å². The van der Waals surface area contributed by atoms with E-state index in [-0.39, 0.29) is 11.8 Å². The minimum absolute atomic E-state index is 0.0840. The Hall–Kier alpha value is -1.39. The average Bonchev–Trinajstić information content (AvgIpc) is 2.51. The van der Waals surface area contributed by atoms with Crippen molar-refractivity contribution >= 4 is 5.91 Å². The van der Waals surface area contributed by atoms with Crippen molar-refractivity contribution < 1.29 is 4.79 Å². The van der Waals surface area contributed by atoms with Crippen LogP contribution in [0.3, 0.4) is 0 Å². The molecule has 0 radical (unpaired) electrons. The molecule has 23 heavy (non-hydrogen) atoms. The van der Waals surface area contributed by atoms with Crippen molar-refractivity contribution in [3.63, 3.8) is 0 Å². The molecule has 1 atom stereocenters. The zero-order chi connectivity index (χ0) is 18.4. The largest absolute Gasteiger partial charge is 0.344 e. The molecule has 0 aliphatic carbocycles. The number of likely N-dealkylation sites (N-methyl/N-ethyl adjacent to an activating group) is 2. The average molecular weight is 324 g/mol. The van der Waals surface area contributed by atoms with Crippen molar-refractivity contribution in [2.45, 2.75) is 20.3 Å². The van der Waals surface area contributed by atoms with Crippen molar-refractivity contribution in [2.24, 2.45) is 5.92 Å². The van der Waals surface area contributed by atoms with Crippen LogP contribution < -0.4 is 0 Å². The van der Waals surface area contributed by atoms with Crippen LogP contribution in [0.5, 0.6) is 0 Å². The van der Waals surface area contributed by atoms with E-state index in [0.717, 1.165) is 38.2 Å². The fourth-order valence-electron chi connectivity index (χ4n) is 2.10. The van der Waals surface area contributed by atoms with Gasteiger partial charge in [0.15, 0.2) is 0 Å². The number of carbonyl (C=O) groups excluding carboxylic acids is 1. The second-order valence-electron chi connectivity index (χ2n) is 6.15. The van der Waals surface area contributed by atoms with Gasteiger partial charge in [-0.1, -0.05) is 25.7 Å². The number of hydrogen-bond acceptors (Lipinski definition) is 3. The molecule has 1 unspecified atom stereocenters. The highest BCUT2D eigenvalue weighted by Crippen LogP contribution is 2.07. The van der Waals surface area contributed by atoms with Gasteiger partial charge in [0.25, 0.3) is 0 Å². The standard InChI is InChI=1S/C17H33N3O.C2H4/c1-8-9-15(2)14-19(6)12-13-20(7)17(21)16(3)10-11-18(4)5;1-2/h8-9,16H,2,10-14H2,1,3-7H3;1-2H2/b9-8-;. The van der Waals surface area contributed by atoms with Gasteiger partial charge >= 0.3 is 0 Å². The molecule has 0 heterocycles. The smallest absolute Gasteiger partial charge is 0.225 e. The molecule has 0 saturated heterocycles. The maximum Gasteiger partial charge on any atom is 0.225 e. The second kappa shape index (κ2) is 14.2. The molecule has 0 aliphatic rings. The van der Waals surface area contributed by atoms with E-state index < -0.39 is 0 Å². The number of amides is 1.